The van der Waals surface area contributed by atoms with E-state index in [2.05, 4.69) is 196 Å². The van der Waals surface area contributed by atoms with Gasteiger partial charge in [-0.2, -0.15) is 0 Å². The Labute approximate surface area is 785 Å². The van der Waals surface area contributed by atoms with Crippen molar-refractivity contribution >= 4 is 85.5 Å². The average molecular weight is 1940 g/mol. The summed E-state index contributed by atoms with van der Waals surface area (Å²) in [6, 6.07) is 101. The van der Waals surface area contributed by atoms with Crippen LogP contribution in [0.25, 0.3) is 0 Å². The molecule has 0 radical (unpaired) electrons. The first-order chi connectivity index (χ1) is 59.2. The molecule has 0 fully saturated rings. The Hall–Kier alpha value is -5.72. The molecule has 10 rings (SSSR count). The zero-order valence-corrected chi connectivity index (χ0v) is 83.2. The molecule has 0 saturated carbocycles. The number of hydrogen-bond acceptors (Lipinski definition) is 6. The van der Waals surface area contributed by atoms with Crippen LogP contribution in [0.1, 0.15) is 223 Å². The van der Waals surface area contributed by atoms with Gasteiger partial charge < -0.3 is 34.2 Å². The molecule has 684 valence electrons. The second-order valence-electron chi connectivity index (χ2n) is 31.0. The lowest BCUT2D eigenvalue weighted by Gasteiger charge is -2.28. The van der Waals surface area contributed by atoms with Crippen LogP contribution in [0.2, 0.25) is 0 Å². The molecule has 0 aliphatic rings. The number of rotatable bonds is 48. The Morgan fingerprint density at radius 3 is 1.06 bits per heavy atom. The molecule has 0 saturated heterocycles. The van der Waals surface area contributed by atoms with Crippen molar-refractivity contribution in [3.63, 3.8) is 0 Å². The summed E-state index contributed by atoms with van der Waals surface area (Å²) in [5.41, 5.74) is 6.73. The minimum atomic E-state index is -6.00. The first kappa shape index (κ1) is 116. The SMILES string of the molecule is BrCCCc1ccccc1.C.CCCCCCCCCCCCCCCC[P+](CCCC)(CCCC)CCCC.CN(C)[S+](=O)(CCCc1ccccc1)c1ccccc1.F[B-](F)(F)F.N=S(=O)(CCCc1ccccc1)c1ccccc1.O=S(CCCc1ccccc1)c1ccccc1.Sc1ccccc1.[Br-].c1ccc(CCCSc2ccccc2)cc1. The third-order valence-corrected chi connectivity index (χ3v) is 33.9. The van der Waals surface area contributed by atoms with Gasteiger partial charge in [-0.25, -0.2) is 8.99 Å². The van der Waals surface area contributed by atoms with Crippen molar-refractivity contribution in [3.8, 4) is 0 Å². The minimum Gasteiger partial charge on any atom is -1.00 e. The van der Waals surface area contributed by atoms with Crippen LogP contribution < -0.4 is 17.0 Å². The highest BCUT2D eigenvalue weighted by molar-refractivity contribution is 9.09. The monoisotopic (exact) mass is 1940 g/mol. The fraction of sp³-hybridized carbons (Fsp3) is 0.434. The number of alkyl halides is 1. The van der Waals surface area contributed by atoms with E-state index < -0.39 is 45.2 Å². The average Bonchev–Trinajstić information content (AvgIpc) is 0.815. The maximum Gasteiger partial charge on any atom is 0.673 e. The van der Waals surface area contributed by atoms with E-state index in [0.29, 0.717) is 16.4 Å². The third kappa shape index (κ3) is 60.9. The van der Waals surface area contributed by atoms with Gasteiger partial charge in [0.05, 0.1) is 45.2 Å². The molecular weight excluding hydrogens is 1790 g/mol. The number of unbranched alkanes of at least 4 members (excludes halogenated alkanes) is 16. The largest absolute Gasteiger partial charge is 1.00 e. The van der Waals surface area contributed by atoms with Crippen LogP contribution in [0.5, 0.6) is 0 Å². The van der Waals surface area contributed by atoms with Gasteiger partial charge >= 0.3 is 7.25 Å². The zero-order valence-electron chi connectivity index (χ0n) is 75.0. The highest BCUT2D eigenvalue weighted by Gasteiger charge is 2.35. The molecule has 18 heteroatoms. The van der Waals surface area contributed by atoms with E-state index in [1.807, 2.05) is 182 Å². The summed E-state index contributed by atoms with van der Waals surface area (Å²) in [5, 5.41) is 1.10. The van der Waals surface area contributed by atoms with Crippen LogP contribution >= 0.6 is 47.6 Å². The molecule has 0 aromatic heterocycles. The van der Waals surface area contributed by atoms with Crippen molar-refractivity contribution in [2.45, 2.75) is 252 Å². The Kier molecular flexibility index (Phi) is 71.4. The Morgan fingerprint density at radius 2 is 0.710 bits per heavy atom. The summed E-state index contributed by atoms with van der Waals surface area (Å²) >= 11 is 9.43. The highest BCUT2D eigenvalue weighted by atomic mass is 79.9. The van der Waals surface area contributed by atoms with Gasteiger partial charge in [0.1, 0.15) is 5.75 Å². The standard InChI is InChI=1S/C28H60P.C17H22NOS.C15H17NOS.C15H16OS.C15H16S.C9H11Br.C6H6S.CH4.BF4.BrH/c1-5-9-13-14-15-16-17-18-19-20-21-22-23-24-28-29(25-10-6-2,26-11-7-3)27-12-8-4;1-18(2)20(19,17-13-7-4-8-14-17)15-9-12-16-10-5-3-6-11-16;16-18(17,15-11-5-2-6-12-15)13-7-10-14-8-3-1-4-9-14;16-17(15-11-5-2-6-12-15)13-7-10-14-8-3-1-4-9-14;1-3-8-14(9-4-1)10-7-13-16-15-11-5-2-6-12-15;10-8-4-7-9-5-2-1-3-6-9;7-6-4-2-1-3-5-6;;2-1(3,4)5;/h5-28H2,1-4H3;3-8,10-11,13-14H,9,12,15H2,1-2H3;1-6,8-9,11-12,16H,7,10,13H2;1-6,8-9,11-12H,7,10,13H2;1-6,8-9,11-12H,7,10,13H2;1-3,5-6H,4,7-8H2;1-5,7H;1H4;;1H/q2*+1;;;;;;;-1;/p-1. The number of benzene rings is 10. The fourth-order valence-corrected chi connectivity index (χ4v) is 24.8. The van der Waals surface area contributed by atoms with Crippen LogP contribution in [-0.2, 0) is 67.0 Å². The van der Waals surface area contributed by atoms with Crippen LogP contribution in [0.15, 0.2) is 328 Å². The Balaban J connectivity index is 0.000000733. The van der Waals surface area contributed by atoms with Crippen molar-refractivity contribution in [2.24, 2.45) is 0 Å². The van der Waals surface area contributed by atoms with Crippen molar-refractivity contribution in [1.29, 1.82) is 4.78 Å². The molecule has 3 atom stereocenters. The normalized spacial score (nSPS) is 11.9. The number of thiol groups is 1. The summed E-state index contributed by atoms with van der Waals surface area (Å²) in [7, 11) is -8.44. The molecule has 124 heavy (non-hydrogen) atoms. The lowest BCUT2D eigenvalue weighted by Crippen LogP contribution is -3.00. The van der Waals surface area contributed by atoms with Gasteiger partial charge in [0, 0.05) is 57.8 Å². The van der Waals surface area contributed by atoms with Crippen molar-refractivity contribution in [2.75, 3.05) is 67.1 Å². The van der Waals surface area contributed by atoms with E-state index in [1.165, 1.54) is 186 Å². The van der Waals surface area contributed by atoms with Crippen LogP contribution in [0.3, 0.4) is 0 Å². The van der Waals surface area contributed by atoms with E-state index in [-0.39, 0.29) is 24.4 Å². The second-order valence-corrected chi connectivity index (χ2v) is 44.7. The van der Waals surface area contributed by atoms with E-state index in [1.54, 1.807) is 43.2 Å². The summed E-state index contributed by atoms with van der Waals surface area (Å²) in [4.78, 5) is 4.88. The number of halogens is 6. The molecule has 0 aliphatic heterocycles. The quantitative estimate of drug-likeness (QED) is 0.00582. The Bertz CT molecular complexity index is 4140. The first-order valence-corrected chi connectivity index (χ1v) is 54.9. The van der Waals surface area contributed by atoms with Gasteiger partial charge in [-0.3, -0.25) is 4.21 Å². The molecule has 10 aromatic carbocycles. The summed E-state index contributed by atoms with van der Waals surface area (Å²) in [5.74, 6) is 3.04. The predicted octanol–water partition coefficient (Wildman–Crippen LogP) is 30.0. The van der Waals surface area contributed by atoms with Crippen molar-refractivity contribution in [3.05, 3.63) is 331 Å². The van der Waals surface area contributed by atoms with Crippen LogP contribution in [-0.4, -0.2) is 87.1 Å². The van der Waals surface area contributed by atoms with Gasteiger partial charge in [0.15, 0.2) is 15.0 Å². The summed E-state index contributed by atoms with van der Waals surface area (Å²) in [6.45, 7) is 9.48. The van der Waals surface area contributed by atoms with Crippen LogP contribution in [0, 0.1) is 4.78 Å². The van der Waals surface area contributed by atoms with E-state index in [9.17, 15) is 29.9 Å². The van der Waals surface area contributed by atoms with Gasteiger partial charge in [-0.1, -0.05) is 394 Å². The number of thioether (sulfide) groups is 1. The molecular formula is C106H152BBr2F4N2O3PS5. The molecule has 10 aromatic rings. The molecule has 0 aliphatic carbocycles. The molecule has 0 heterocycles. The van der Waals surface area contributed by atoms with Crippen LogP contribution in [0.4, 0.5) is 17.3 Å². The number of nitrogens with one attached hydrogen (secondary N) is 1. The lowest BCUT2D eigenvalue weighted by molar-refractivity contribution is -0.0000343. The third-order valence-electron chi connectivity index (χ3n) is 20.5. The van der Waals surface area contributed by atoms with Crippen molar-refractivity contribution in [1.82, 2.24) is 4.31 Å². The topological polar surface area (TPSA) is 78.3 Å². The smallest absolute Gasteiger partial charge is 0.673 e. The molecule has 0 spiro atoms. The highest BCUT2D eigenvalue weighted by Crippen LogP contribution is 2.61. The number of hydrogen-bond donors (Lipinski definition) is 2. The zero-order chi connectivity index (χ0) is 88.6. The van der Waals surface area contributed by atoms with Gasteiger partial charge in [0.25, 0.3) is 0 Å². The minimum absolute atomic E-state index is 0. The number of nitrogens with zero attached hydrogens (tertiary/aromatic N) is 1. The van der Waals surface area contributed by atoms with Gasteiger partial charge in [-0.15, -0.1) is 28.7 Å². The fourth-order valence-electron chi connectivity index (χ4n) is 13.7. The maximum atomic E-state index is 13.2. The molecule has 1 N–H and O–H groups in total. The first-order valence-electron chi connectivity index (χ1n) is 45.1. The van der Waals surface area contributed by atoms with Crippen molar-refractivity contribution < 1.29 is 46.9 Å². The second kappa shape index (κ2) is 76.2. The maximum absolute atomic E-state index is 13.2. The predicted molar refractivity (Wildman–Crippen MR) is 546 cm³/mol. The van der Waals surface area contributed by atoms with Gasteiger partial charge in [0.2, 0.25) is 0 Å². The van der Waals surface area contributed by atoms with E-state index in [4.69, 9.17) is 4.78 Å². The molecule has 3 unspecified atom stereocenters. The summed E-state index contributed by atoms with van der Waals surface area (Å²) < 4.78 is 86.2. The Morgan fingerprint density at radius 1 is 0.411 bits per heavy atom. The van der Waals surface area contributed by atoms with E-state index in [0.717, 1.165) is 64.3 Å². The van der Waals surface area contributed by atoms with Gasteiger partial charge in [-0.05, 0) is 191 Å². The number of aryl methyl sites for hydroxylation is 5. The summed E-state index contributed by atoms with van der Waals surface area (Å²) in [6.07, 6.45) is 46.3. The molecule has 0 bridgehead atoms. The molecule has 0 amide bonds. The molecule has 5 nitrogen and oxygen atoms in total. The lowest BCUT2D eigenvalue weighted by atomic mass is 10.0. The van der Waals surface area contributed by atoms with E-state index >= 15 is 0 Å².